The van der Waals surface area contributed by atoms with Crippen molar-refractivity contribution >= 4 is 6.09 Å². The number of carbonyl (C=O) groups excluding carboxylic acids is 1. The van der Waals surface area contributed by atoms with Crippen LogP contribution in [0.3, 0.4) is 0 Å². The second kappa shape index (κ2) is 5.26. The van der Waals surface area contributed by atoms with Gasteiger partial charge in [-0.2, -0.15) is 0 Å². The molecule has 3 N–H and O–H groups in total. The number of aryl methyl sites for hydroxylation is 1. The molecule has 82 valence electrons. The van der Waals surface area contributed by atoms with Gasteiger partial charge in [0.1, 0.15) is 6.33 Å². The summed E-state index contributed by atoms with van der Waals surface area (Å²) >= 11 is 0. The molecule has 0 spiro atoms. The minimum Gasteiger partial charge on any atom is -0.391 e. The van der Waals surface area contributed by atoms with Crippen LogP contribution in [0.4, 0.5) is 4.79 Å². The summed E-state index contributed by atoms with van der Waals surface area (Å²) in [6.07, 6.45) is 2.33. The molecule has 15 heavy (non-hydrogen) atoms. The largest absolute Gasteiger partial charge is 0.414 e. The molecule has 6 heteroatoms. The number of hydrogen-bond donors (Lipinski definition) is 2. The summed E-state index contributed by atoms with van der Waals surface area (Å²) in [5.74, 6) is 0.257. The molecule has 0 bridgehead atoms. The molecule has 0 aromatic carbocycles. The van der Waals surface area contributed by atoms with Gasteiger partial charge in [-0.25, -0.2) is 14.8 Å². The Morgan fingerprint density at radius 3 is 3.07 bits per heavy atom. The number of ether oxygens (including phenoxy) is 1. The number of nitrogens with one attached hydrogen (secondary N) is 1. The Balaban J connectivity index is 2.48. The van der Waals surface area contributed by atoms with Crippen molar-refractivity contribution in [2.24, 2.45) is 5.73 Å². The second-order valence-electron chi connectivity index (χ2n) is 3.26. The number of carbonyl (C=O) groups is 1. The maximum absolute atomic E-state index is 11.2. The van der Waals surface area contributed by atoms with E-state index in [1.807, 2.05) is 0 Å². The predicted molar refractivity (Wildman–Crippen MR) is 54.4 cm³/mol. The molecule has 0 aliphatic carbocycles. The van der Waals surface area contributed by atoms with Gasteiger partial charge < -0.3 is 15.8 Å². The Bertz CT molecular complexity index is 341. The lowest BCUT2D eigenvalue weighted by Gasteiger charge is -2.08. The van der Waals surface area contributed by atoms with Crippen LogP contribution in [0, 0.1) is 6.92 Å². The van der Waals surface area contributed by atoms with Crippen LogP contribution in [-0.4, -0.2) is 28.6 Å². The molecule has 1 aromatic rings. The lowest BCUT2D eigenvalue weighted by Crippen LogP contribution is -2.36. The standard InChI is InChI=1S/C9H14N4O2/c1-6-3-11-5-13-8(6)15-9(14)12-4-7(2)10/h3,5,7H,4,10H2,1-2H3,(H,12,14). The molecule has 6 nitrogen and oxygen atoms in total. The van der Waals surface area contributed by atoms with Crippen molar-refractivity contribution in [1.82, 2.24) is 15.3 Å². The van der Waals surface area contributed by atoms with Crippen molar-refractivity contribution in [3.05, 3.63) is 18.1 Å². The van der Waals surface area contributed by atoms with Crippen molar-refractivity contribution in [3.63, 3.8) is 0 Å². The second-order valence-corrected chi connectivity index (χ2v) is 3.26. The highest BCUT2D eigenvalue weighted by molar-refractivity contribution is 5.70. The normalized spacial score (nSPS) is 11.9. The highest BCUT2D eigenvalue weighted by Crippen LogP contribution is 2.10. The molecule has 1 aromatic heterocycles. The Hall–Kier alpha value is -1.69. The summed E-state index contributed by atoms with van der Waals surface area (Å²) in [5, 5.41) is 2.51. The van der Waals surface area contributed by atoms with Crippen molar-refractivity contribution < 1.29 is 9.53 Å². The summed E-state index contributed by atoms with van der Waals surface area (Å²) in [5.41, 5.74) is 6.17. The van der Waals surface area contributed by atoms with Crippen LogP contribution >= 0.6 is 0 Å². The van der Waals surface area contributed by atoms with Gasteiger partial charge in [-0.3, -0.25) is 0 Å². The zero-order valence-corrected chi connectivity index (χ0v) is 8.73. The molecule has 0 radical (unpaired) electrons. The van der Waals surface area contributed by atoms with E-state index in [1.54, 1.807) is 20.0 Å². The molecule has 0 aliphatic rings. The Morgan fingerprint density at radius 2 is 2.47 bits per heavy atom. The van der Waals surface area contributed by atoms with Crippen LogP contribution < -0.4 is 15.8 Å². The molecule has 0 saturated carbocycles. The highest BCUT2D eigenvalue weighted by atomic mass is 16.6. The number of hydrogen-bond acceptors (Lipinski definition) is 5. The Kier molecular flexibility index (Phi) is 3.99. The smallest absolute Gasteiger partial charge is 0.391 e. The topological polar surface area (TPSA) is 90.1 Å². The fourth-order valence-corrected chi connectivity index (χ4v) is 0.863. The fraction of sp³-hybridized carbons (Fsp3) is 0.444. The van der Waals surface area contributed by atoms with Crippen LogP contribution in [0.2, 0.25) is 0 Å². The monoisotopic (exact) mass is 210 g/mol. The minimum atomic E-state index is -0.561. The van der Waals surface area contributed by atoms with Crippen molar-refractivity contribution in [2.45, 2.75) is 19.9 Å². The molecule has 1 heterocycles. The lowest BCUT2D eigenvalue weighted by atomic mass is 10.4. The van der Waals surface area contributed by atoms with Gasteiger partial charge in [0.25, 0.3) is 0 Å². The molecule has 1 atom stereocenters. The first-order chi connectivity index (χ1) is 7.09. The third-order valence-corrected chi connectivity index (χ3v) is 1.60. The molecular formula is C9H14N4O2. The van der Waals surface area contributed by atoms with Crippen LogP contribution in [0.1, 0.15) is 12.5 Å². The van der Waals surface area contributed by atoms with Crippen LogP contribution in [0.5, 0.6) is 5.88 Å². The SMILES string of the molecule is Cc1cncnc1OC(=O)NCC(C)N. The third-order valence-electron chi connectivity index (χ3n) is 1.60. The average Bonchev–Trinajstić information content (AvgIpc) is 2.18. The molecular weight excluding hydrogens is 196 g/mol. The Labute approximate surface area is 87.9 Å². The fourth-order valence-electron chi connectivity index (χ4n) is 0.863. The first kappa shape index (κ1) is 11.4. The van der Waals surface area contributed by atoms with E-state index >= 15 is 0 Å². The first-order valence-electron chi connectivity index (χ1n) is 4.57. The minimum absolute atomic E-state index is 0.107. The van der Waals surface area contributed by atoms with E-state index in [1.165, 1.54) is 6.33 Å². The van der Waals surface area contributed by atoms with Gasteiger partial charge in [-0.15, -0.1) is 0 Å². The van der Waals surface area contributed by atoms with Crippen LogP contribution in [0.25, 0.3) is 0 Å². The van der Waals surface area contributed by atoms with Crippen molar-refractivity contribution in [3.8, 4) is 5.88 Å². The number of nitrogens with zero attached hydrogens (tertiary/aromatic N) is 2. The zero-order valence-electron chi connectivity index (χ0n) is 8.73. The highest BCUT2D eigenvalue weighted by Gasteiger charge is 2.07. The first-order valence-corrected chi connectivity index (χ1v) is 4.57. The summed E-state index contributed by atoms with van der Waals surface area (Å²) in [7, 11) is 0. The molecule has 0 fully saturated rings. The van der Waals surface area contributed by atoms with Crippen molar-refractivity contribution in [1.29, 1.82) is 0 Å². The van der Waals surface area contributed by atoms with Crippen LogP contribution in [-0.2, 0) is 0 Å². The quantitative estimate of drug-likeness (QED) is 0.744. The van der Waals surface area contributed by atoms with E-state index < -0.39 is 6.09 Å². The number of nitrogens with two attached hydrogens (primary N) is 1. The number of rotatable bonds is 3. The van der Waals surface area contributed by atoms with E-state index in [9.17, 15) is 4.79 Å². The maximum atomic E-state index is 11.2. The van der Waals surface area contributed by atoms with Gasteiger partial charge in [0.15, 0.2) is 0 Å². The van der Waals surface area contributed by atoms with Gasteiger partial charge in [-0.05, 0) is 13.8 Å². The van der Waals surface area contributed by atoms with Gasteiger partial charge in [0.2, 0.25) is 5.88 Å². The molecule has 0 saturated heterocycles. The summed E-state index contributed by atoms with van der Waals surface area (Å²) in [6, 6.07) is -0.107. The lowest BCUT2D eigenvalue weighted by molar-refractivity contribution is 0.197. The van der Waals surface area contributed by atoms with E-state index in [0.29, 0.717) is 12.1 Å². The molecule has 1 rings (SSSR count). The van der Waals surface area contributed by atoms with Gasteiger partial charge in [0, 0.05) is 24.3 Å². The van der Waals surface area contributed by atoms with Gasteiger partial charge in [0.05, 0.1) is 0 Å². The number of aromatic nitrogens is 2. The van der Waals surface area contributed by atoms with E-state index in [2.05, 4.69) is 15.3 Å². The number of amides is 1. The molecule has 1 amide bonds. The predicted octanol–water partition coefficient (Wildman–Crippen LogP) is 0.221. The summed E-state index contributed by atoms with van der Waals surface area (Å²) < 4.78 is 4.94. The van der Waals surface area contributed by atoms with E-state index in [-0.39, 0.29) is 11.9 Å². The summed E-state index contributed by atoms with van der Waals surface area (Å²) in [6.45, 7) is 3.91. The van der Waals surface area contributed by atoms with Crippen LogP contribution in [0.15, 0.2) is 12.5 Å². The third kappa shape index (κ3) is 3.90. The molecule has 1 unspecified atom stereocenters. The maximum Gasteiger partial charge on any atom is 0.414 e. The zero-order chi connectivity index (χ0) is 11.3. The Morgan fingerprint density at radius 1 is 1.73 bits per heavy atom. The average molecular weight is 210 g/mol. The van der Waals surface area contributed by atoms with Crippen molar-refractivity contribution in [2.75, 3.05) is 6.54 Å². The van der Waals surface area contributed by atoms with E-state index in [0.717, 1.165) is 0 Å². The van der Waals surface area contributed by atoms with E-state index in [4.69, 9.17) is 10.5 Å². The molecule has 0 aliphatic heterocycles. The van der Waals surface area contributed by atoms with Gasteiger partial charge in [-0.1, -0.05) is 0 Å². The summed E-state index contributed by atoms with van der Waals surface area (Å²) in [4.78, 5) is 18.8. The van der Waals surface area contributed by atoms with Gasteiger partial charge >= 0.3 is 6.09 Å².